The molecule has 1 heterocycles. The molecule has 0 bridgehead atoms. The number of anilines is 1. The van der Waals surface area contributed by atoms with Gasteiger partial charge >= 0.3 is 0 Å². The molecule has 0 spiro atoms. The molecule has 0 aliphatic carbocycles. The van der Waals surface area contributed by atoms with Gasteiger partial charge < -0.3 is 15.9 Å². The number of nitrogens with two attached hydrogens (primary N) is 1. The van der Waals surface area contributed by atoms with E-state index >= 15 is 0 Å². The predicted molar refractivity (Wildman–Crippen MR) is 58.1 cm³/mol. The largest absolute Gasteiger partial charge is 0.390 e. The van der Waals surface area contributed by atoms with Crippen LogP contribution in [0.25, 0.3) is 0 Å². The molecule has 1 aromatic rings. The van der Waals surface area contributed by atoms with Crippen molar-refractivity contribution in [1.29, 1.82) is 0 Å². The highest BCUT2D eigenvalue weighted by Crippen LogP contribution is 2.19. The Bertz CT molecular complexity index is 296. The number of rotatable bonds is 4. The van der Waals surface area contributed by atoms with Gasteiger partial charge in [-0.15, -0.1) is 0 Å². The molecule has 0 aliphatic heterocycles. The summed E-state index contributed by atoms with van der Waals surface area (Å²) in [6.45, 7) is 0. The van der Waals surface area contributed by atoms with E-state index in [2.05, 4.69) is 17.6 Å². The van der Waals surface area contributed by atoms with Crippen molar-refractivity contribution in [3.63, 3.8) is 0 Å². The molecule has 4 N–H and O–H groups in total. The maximum Gasteiger partial charge on any atom is 0.123 e. The number of aliphatic hydroxyl groups is 2. The van der Waals surface area contributed by atoms with E-state index in [1.54, 1.807) is 12.1 Å². The Kier molecular flexibility index (Phi) is 4.19. The fourth-order valence-corrected chi connectivity index (χ4v) is 1.43. The molecule has 14 heavy (non-hydrogen) atoms. The minimum absolute atomic E-state index is 0.333. The molecular weight excluding hydrogens is 200 g/mol. The molecule has 78 valence electrons. The van der Waals surface area contributed by atoms with E-state index in [1.165, 1.54) is 6.20 Å². The van der Waals surface area contributed by atoms with E-state index < -0.39 is 12.2 Å². The molecule has 2 unspecified atom stereocenters. The van der Waals surface area contributed by atoms with E-state index in [1.807, 2.05) is 0 Å². The Labute approximate surface area is 88.2 Å². The quantitative estimate of drug-likeness (QED) is 0.546. The second kappa shape index (κ2) is 5.19. The molecule has 1 aromatic heterocycles. The zero-order chi connectivity index (χ0) is 10.6. The number of aromatic nitrogens is 1. The van der Waals surface area contributed by atoms with E-state index in [9.17, 15) is 10.2 Å². The van der Waals surface area contributed by atoms with Crippen LogP contribution in [0.1, 0.15) is 18.1 Å². The SMILES string of the molecule is Nc1cc(C(O)C(O)CCS)ccn1. The number of thiol groups is 1. The summed E-state index contributed by atoms with van der Waals surface area (Å²) >= 11 is 3.98. The van der Waals surface area contributed by atoms with E-state index in [-0.39, 0.29) is 0 Å². The average Bonchev–Trinajstić information content (AvgIpc) is 2.17. The first-order chi connectivity index (χ1) is 6.65. The van der Waals surface area contributed by atoms with Gasteiger partial charge in [0.1, 0.15) is 11.9 Å². The lowest BCUT2D eigenvalue weighted by Crippen LogP contribution is -2.18. The van der Waals surface area contributed by atoms with Gasteiger partial charge in [-0.25, -0.2) is 4.98 Å². The molecule has 5 heteroatoms. The maximum absolute atomic E-state index is 9.68. The van der Waals surface area contributed by atoms with Gasteiger partial charge in [0.05, 0.1) is 6.10 Å². The summed E-state index contributed by atoms with van der Waals surface area (Å²) in [5.74, 6) is 0.860. The number of pyridine rings is 1. The normalized spacial score (nSPS) is 15.1. The lowest BCUT2D eigenvalue weighted by Gasteiger charge is -2.17. The number of nitrogen functional groups attached to an aromatic ring is 1. The molecule has 0 fully saturated rings. The zero-order valence-corrected chi connectivity index (χ0v) is 8.56. The Morgan fingerprint density at radius 3 is 2.79 bits per heavy atom. The zero-order valence-electron chi connectivity index (χ0n) is 7.67. The van der Waals surface area contributed by atoms with E-state index in [4.69, 9.17) is 5.73 Å². The van der Waals surface area contributed by atoms with Gasteiger partial charge in [0.15, 0.2) is 0 Å². The lowest BCUT2D eigenvalue weighted by molar-refractivity contribution is 0.0172. The Morgan fingerprint density at radius 1 is 1.50 bits per heavy atom. The first-order valence-corrected chi connectivity index (χ1v) is 4.97. The van der Waals surface area contributed by atoms with Gasteiger partial charge in [-0.05, 0) is 29.9 Å². The van der Waals surface area contributed by atoms with Crippen LogP contribution in [0.3, 0.4) is 0 Å². The molecule has 0 aromatic carbocycles. The van der Waals surface area contributed by atoms with Crippen molar-refractivity contribution < 1.29 is 10.2 Å². The number of aliphatic hydroxyl groups excluding tert-OH is 2. The summed E-state index contributed by atoms with van der Waals surface area (Å²) < 4.78 is 0. The molecule has 4 nitrogen and oxygen atoms in total. The molecule has 0 aliphatic rings. The lowest BCUT2D eigenvalue weighted by atomic mass is 10.0. The third-order valence-electron chi connectivity index (χ3n) is 1.94. The molecule has 0 radical (unpaired) electrons. The number of hydrogen-bond donors (Lipinski definition) is 4. The predicted octanol–water partition coefficient (Wildman–Crippen LogP) is 0.378. The minimum atomic E-state index is -0.924. The highest BCUT2D eigenvalue weighted by Gasteiger charge is 2.17. The highest BCUT2D eigenvalue weighted by molar-refractivity contribution is 7.80. The molecule has 2 atom stereocenters. The van der Waals surface area contributed by atoms with Gasteiger partial charge in [0.25, 0.3) is 0 Å². The van der Waals surface area contributed by atoms with Gasteiger partial charge in [-0.1, -0.05) is 0 Å². The topological polar surface area (TPSA) is 79.4 Å². The number of hydrogen-bond acceptors (Lipinski definition) is 5. The van der Waals surface area contributed by atoms with Crippen LogP contribution in [0, 0.1) is 0 Å². The second-order valence-electron chi connectivity index (χ2n) is 3.04. The van der Waals surface area contributed by atoms with Crippen LogP contribution in [-0.2, 0) is 0 Å². The summed E-state index contributed by atoms with van der Waals surface area (Å²) in [5.41, 5.74) is 6.03. The monoisotopic (exact) mass is 214 g/mol. The average molecular weight is 214 g/mol. The summed E-state index contributed by atoms with van der Waals surface area (Å²) in [4.78, 5) is 3.80. The van der Waals surface area contributed by atoms with Crippen molar-refractivity contribution in [2.45, 2.75) is 18.6 Å². The summed E-state index contributed by atoms with van der Waals surface area (Å²) in [6, 6.07) is 3.18. The Morgan fingerprint density at radius 2 is 2.21 bits per heavy atom. The van der Waals surface area contributed by atoms with Crippen LogP contribution in [0.5, 0.6) is 0 Å². The van der Waals surface area contributed by atoms with Gasteiger partial charge in [0.2, 0.25) is 0 Å². The van der Waals surface area contributed by atoms with Crippen LogP contribution in [-0.4, -0.2) is 27.1 Å². The smallest absolute Gasteiger partial charge is 0.123 e. The molecule has 0 saturated heterocycles. The third-order valence-corrected chi connectivity index (χ3v) is 2.19. The summed E-state index contributed by atoms with van der Waals surface area (Å²) in [5, 5.41) is 19.2. The minimum Gasteiger partial charge on any atom is -0.390 e. The standard InChI is InChI=1S/C9H14N2O2S/c10-8-5-6(1-3-11-8)9(13)7(12)2-4-14/h1,3,5,7,9,12-14H,2,4H2,(H2,10,11). The van der Waals surface area contributed by atoms with E-state index in [0.717, 1.165) is 0 Å². The van der Waals surface area contributed by atoms with Crippen LogP contribution in [0.2, 0.25) is 0 Å². The van der Waals surface area contributed by atoms with Crippen molar-refractivity contribution >= 4 is 18.4 Å². The second-order valence-corrected chi connectivity index (χ2v) is 3.49. The third kappa shape index (κ3) is 2.87. The van der Waals surface area contributed by atoms with Crippen molar-refractivity contribution in [2.24, 2.45) is 0 Å². The van der Waals surface area contributed by atoms with Crippen molar-refractivity contribution in [3.8, 4) is 0 Å². The van der Waals surface area contributed by atoms with Crippen LogP contribution < -0.4 is 5.73 Å². The van der Waals surface area contributed by atoms with E-state index in [0.29, 0.717) is 23.6 Å². The maximum atomic E-state index is 9.68. The highest BCUT2D eigenvalue weighted by atomic mass is 32.1. The van der Waals surface area contributed by atoms with Crippen LogP contribution in [0.4, 0.5) is 5.82 Å². The van der Waals surface area contributed by atoms with Crippen LogP contribution in [0.15, 0.2) is 18.3 Å². The molecular formula is C9H14N2O2S. The van der Waals surface area contributed by atoms with Gasteiger partial charge in [0, 0.05) is 6.20 Å². The first kappa shape index (κ1) is 11.3. The molecule has 1 rings (SSSR count). The fraction of sp³-hybridized carbons (Fsp3) is 0.444. The fourth-order valence-electron chi connectivity index (χ4n) is 1.16. The van der Waals surface area contributed by atoms with Gasteiger partial charge in [-0.2, -0.15) is 12.6 Å². The van der Waals surface area contributed by atoms with Crippen molar-refractivity contribution in [1.82, 2.24) is 4.98 Å². The Balaban J connectivity index is 2.73. The van der Waals surface area contributed by atoms with Crippen molar-refractivity contribution in [2.75, 3.05) is 11.5 Å². The first-order valence-electron chi connectivity index (χ1n) is 4.33. The summed E-state index contributed by atoms with van der Waals surface area (Å²) in [6.07, 6.45) is 0.204. The van der Waals surface area contributed by atoms with Crippen molar-refractivity contribution in [3.05, 3.63) is 23.9 Å². The summed E-state index contributed by atoms with van der Waals surface area (Å²) in [7, 11) is 0. The number of nitrogens with zero attached hydrogens (tertiary/aromatic N) is 1. The van der Waals surface area contributed by atoms with Crippen LogP contribution >= 0.6 is 12.6 Å². The molecule has 0 saturated carbocycles. The Hall–Kier alpha value is -0.780. The van der Waals surface area contributed by atoms with Gasteiger partial charge in [-0.3, -0.25) is 0 Å². The molecule has 0 amide bonds.